The first-order valence-electron chi connectivity index (χ1n) is 21.3. The van der Waals surface area contributed by atoms with E-state index >= 15 is 0 Å². The molecule has 11 aromatic rings. The van der Waals surface area contributed by atoms with Gasteiger partial charge in [0.05, 0.1) is 0 Å². The van der Waals surface area contributed by atoms with Crippen LogP contribution >= 0.6 is 0 Å². The molecule has 0 spiro atoms. The quantitative estimate of drug-likeness (QED) is 0.0871. The third-order valence-corrected chi connectivity index (χ3v) is 17.5. The Balaban J connectivity index is 1.17. The van der Waals surface area contributed by atoms with Crippen LogP contribution < -0.4 is 36.3 Å². The lowest BCUT2D eigenvalue weighted by Crippen LogP contribution is -2.75. The Hall–Kier alpha value is -7.73. The predicted octanol–water partition coefficient (Wildman–Crippen LogP) is 10.7. The lowest BCUT2D eigenvalue weighted by atomic mass is 10.00. The van der Waals surface area contributed by atoms with Gasteiger partial charge in [0.15, 0.2) is 13.7 Å². The van der Waals surface area contributed by atoms with E-state index in [-0.39, 0.29) is 0 Å². The zero-order chi connectivity index (χ0) is 41.0. The van der Waals surface area contributed by atoms with Crippen molar-refractivity contribution >= 4 is 102 Å². The highest BCUT2D eigenvalue weighted by Crippen LogP contribution is 2.41. The van der Waals surface area contributed by atoms with Crippen LogP contribution in [-0.4, -0.2) is 13.1 Å². The summed E-state index contributed by atoms with van der Waals surface area (Å²) in [6.45, 7) is 0. The Kier molecular flexibility index (Phi) is 8.61. The molecule has 2 aromatic heterocycles. The average Bonchev–Trinajstić information content (AvgIpc) is 3.96. The molecule has 5 heteroatoms. The van der Waals surface area contributed by atoms with Crippen LogP contribution in [0.2, 0.25) is 0 Å². The number of hydrogen-bond acceptors (Lipinski definition) is 4. The second-order valence-electron chi connectivity index (χ2n) is 16.1. The molecule has 9 aromatic carbocycles. The summed E-state index contributed by atoms with van der Waals surface area (Å²) >= 11 is 0. The molecule has 0 atom stereocenters. The largest absolute Gasteiger partial charge is 0.456 e. The smallest absolute Gasteiger partial charge is 0.227 e. The number of oxazole rings is 1. The van der Waals surface area contributed by atoms with Crippen LogP contribution in [0.25, 0.3) is 67.2 Å². The van der Waals surface area contributed by atoms with Crippen molar-refractivity contribution in [2.24, 2.45) is 0 Å². The minimum atomic E-state index is -3.00. The molecular formula is C57H40N2O2Si. The van der Waals surface area contributed by atoms with E-state index in [0.29, 0.717) is 5.89 Å². The minimum Gasteiger partial charge on any atom is -0.456 e. The van der Waals surface area contributed by atoms with Crippen LogP contribution in [-0.2, 0) is 0 Å². The molecule has 0 saturated heterocycles. The van der Waals surface area contributed by atoms with Crippen LogP contribution in [0, 0.1) is 0 Å². The molecule has 0 saturated carbocycles. The van der Waals surface area contributed by atoms with Crippen molar-refractivity contribution in [3.05, 3.63) is 217 Å². The van der Waals surface area contributed by atoms with Gasteiger partial charge in [-0.2, -0.15) is 0 Å². The minimum absolute atomic E-state index is 0.616. The zero-order valence-electron chi connectivity index (χ0n) is 33.9. The Labute approximate surface area is 360 Å². The van der Waals surface area contributed by atoms with E-state index in [2.05, 4.69) is 193 Å². The van der Waals surface area contributed by atoms with Gasteiger partial charge in [-0.25, -0.2) is 4.98 Å². The van der Waals surface area contributed by atoms with Gasteiger partial charge < -0.3 is 13.7 Å². The van der Waals surface area contributed by atoms with Gasteiger partial charge >= 0.3 is 0 Å². The Morgan fingerprint density at radius 1 is 0.484 bits per heavy atom. The molecule has 4 nitrogen and oxygen atoms in total. The van der Waals surface area contributed by atoms with Gasteiger partial charge in [0.2, 0.25) is 5.89 Å². The Morgan fingerprint density at radius 3 is 1.79 bits per heavy atom. The monoisotopic (exact) mass is 812 g/mol. The van der Waals surface area contributed by atoms with Crippen molar-refractivity contribution in [2.45, 2.75) is 12.8 Å². The molecule has 0 aliphatic heterocycles. The number of aromatic nitrogens is 1. The molecular weight excluding hydrogens is 773 g/mol. The van der Waals surface area contributed by atoms with Crippen molar-refractivity contribution in [1.82, 2.24) is 4.98 Å². The highest BCUT2D eigenvalue weighted by molar-refractivity contribution is 7.20. The summed E-state index contributed by atoms with van der Waals surface area (Å²) in [5.74, 6) is 0.616. The molecule has 0 bridgehead atoms. The first-order chi connectivity index (χ1) is 30.7. The highest BCUT2D eigenvalue weighted by Gasteiger charge is 2.43. The second-order valence-corrected chi connectivity index (χ2v) is 19.9. The fraction of sp³-hybridized carbons (Fsp3) is 0.0351. The van der Waals surface area contributed by atoms with Gasteiger partial charge in [0.1, 0.15) is 16.5 Å². The van der Waals surface area contributed by atoms with Gasteiger partial charge in [-0.3, -0.25) is 0 Å². The summed E-state index contributed by atoms with van der Waals surface area (Å²) in [6.07, 6.45) is 6.55. The number of rotatable bonds is 8. The number of nitrogens with zero attached hydrogens (tertiary/aromatic N) is 2. The van der Waals surface area contributed by atoms with E-state index in [4.69, 9.17) is 13.8 Å². The third kappa shape index (κ3) is 5.77. The Bertz CT molecular complexity index is 3490. The van der Waals surface area contributed by atoms with Crippen LogP contribution in [0.15, 0.2) is 215 Å². The van der Waals surface area contributed by atoms with Gasteiger partial charge in [-0.1, -0.05) is 158 Å². The normalized spacial score (nSPS) is 12.6. The summed E-state index contributed by atoms with van der Waals surface area (Å²) in [5, 5.41) is 11.9. The third-order valence-electron chi connectivity index (χ3n) is 12.6. The van der Waals surface area contributed by atoms with E-state index in [1.54, 1.807) is 0 Å². The number of anilines is 3. The maximum absolute atomic E-state index is 6.71. The average molecular weight is 813 g/mol. The number of benzene rings is 9. The van der Waals surface area contributed by atoms with E-state index in [0.717, 1.165) is 84.5 Å². The number of furan rings is 1. The van der Waals surface area contributed by atoms with E-state index in [9.17, 15) is 0 Å². The standard InChI is InChI=1S/C57H40N2O2Si/c1-5-17-41(18-6-1)57-58-50-36-32-40-30-29-39-31-33-42(37-49(39)55(40)56(50)61-57)59(43-34-35-48-47-25-13-15-27-52(47)60-53(48)38-43)51-26-14-16-28-54(51)62(44-19-7-2-8-20-44,45-21-9-3-10-22-45)46-23-11-4-12-24-46/h1-12,14,16-38H,13,15H2. The highest BCUT2D eigenvalue weighted by atomic mass is 28.3. The number of fused-ring (bicyclic) bond motifs is 8. The van der Waals surface area contributed by atoms with Gasteiger partial charge in [-0.05, 0) is 104 Å². The molecule has 0 N–H and O–H groups in total. The predicted molar refractivity (Wildman–Crippen MR) is 260 cm³/mol. The molecule has 1 aliphatic rings. The first-order valence-corrected chi connectivity index (χ1v) is 23.3. The van der Waals surface area contributed by atoms with Crippen molar-refractivity contribution in [2.75, 3.05) is 4.90 Å². The first kappa shape index (κ1) is 36.1. The fourth-order valence-corrected chi connectivity index (χ4v) is 14.8. The van der Waals surface area contributed by atoms with Crippen molar-refractivity contribution in [3.63, 3.8) is 0 Å². The maximum atomic E-state index is 6.71. The summed E-state index contributed by atoms with van der Waals surface area (Å²) in [7, 11) is -3.00. The summed E-state index contributed by atoms with van der Waals surface area (Å²) in [4.78, 5) is 7.44. The van der Waals surface area contributed by atoms with Crippen molar-refractivity contribution in [3.8, 4) is 11.5 Å². The van der Waals surface area contributed by atoms with E-state index in [1.165, 1.54) is 26.0 Å². The molecule has 2 heterocycles. The molecule has 294 valence electrons. The Morgan fingerprint density at radius 2 is 1.06 bits per heavy atom. The summed E-state index contributed by atoms with van der Waals surface area (Å²) < 4.78 is 13.4. The zero-order valence-corrected chi connectivity index (χ0v) is 34.9. The van der Waals surface area contributed by atoms with Crippen LogP contribution in [0.4, 0.5) is 17.1 Å². The van der Waals surface area contributed by atoms with E-state index < -0.39 is 8.07 Å². The number of para-hydroxylation sites is 1. The molecule has 0 radical (unpaired) electrons. The van der Waals surface area contributed by atoms with Crippen molar-refractivity contribution in [1.29, 1.82) is 0 Å². The topological polar surface area (TPSA) is 42.4 Å². The van der Waals surface area contributed by atoms with Crippen LogP contribution in [0.1, 0.15) is 12.8 Å². The van der Waals surface area contributed by atoms with Crippen molar-refractivity contribution < 1.29 is 8.83 Å². The molecule has 62 heavy (non-hydrogen) atoms. The molecule has 0 fully saturated rings. The maximum Gasteiger partial charge on any atom is 0.227 e. The van der Waals surface area contributed by atoms with Gasteiger partial charge in [0.25, 0.3) is 0 Å². The van der Waals surface area contributed by atoms with Gasteiger partial charge in [-0.15, -0.1) is 0 Å². The SMILES string of the molecule is C1=c2oc3cc(N(c4ccc5ccc6ccc7nc(-c8ccccc8)oc7c6c5c4)c4ccccc4[Si](c4ccccc4)(c4ccccc4)c4ccccc4)ccc3c2=CCC1. The summed E-state index contributed by atoms with van der Waals surface area (Å²) in [5.41, 5.74) is 7.57. The lowest BCUT2D eigenvalue weighted by molar-refractivity contribution is 0.572. The molecule has 12 rings (SSSR count). The molecule has 1 aliphatic carbocycles. The van der Waals surface area contributed by atoms with Crippen LogP contribution in [0.5, 0.6) is 0 Å². The lowest BCUT2D eigenvalue weighted by Gasteiger charge is -2.38. The van der Waals surface area contributed by atoms with Crippen LogP contribution in [0.3, 0.4) is 0 Å². The fourth-order valence-electron chi connectivity index (χ4n) is 9.86. The molecule has 0 unspecified atom stereocenters. The van der Waals surface area contributed by atoms with Gasteiger partial charge in [0, 0.05) is 44.7 Å². The molecule has 0 amide bonds. The van der Waals surface area contributed by atoms with E-state index in [1.807, 2.05) is 30.3 Å². The summed E-state index contributed by atoms with van der Waals surface area (Å²) in [6, 6.07) is 74.9. The second kappa shape index (κ2) is 14.8. The number of hydrogen-bond donors (Lipinski definition) is 0.